The summed E-state index contributed by atoms with van der Waals surface area (Å²) in [4.78, 5) is 6.98. The van der Waals surface area contributed by atoms with Crippen molar-refractivity contribution in [2.24, 2.45) is 4.99 Å². The van der Waals surface area contributed by atoms with Gasteiger partial charge in [0, 0.05) is 39.3 Å². The predicted octanol–water partition coefficient (Wildman–Crippen LogP) is 2.26. The third-order valence-electron chi connectivity index (χ3n) is 3.95. The summed E-state index contributed by atoms with van der Waals surface area (Å²) in [5.74, 6) is 0.680. The fourth-order valence-corrected chi connectivity index (χ4v) is 2.67. The van der Waals surface area contributed by atoms with Crippen molar-refractivity contribution in [3.8, 4) is 0 Å². The van der Waals surface area contributed by atoms with Gasteiger partial charge in [0.25, 0.3) is 0 Å². The van der Waals surface area contributed by atoms with Crippen LogP contribution < -0.4 is 10.6 Å². The highest BCUT2D eigenvalue weighted by atomic mass is 127. The number of hydrogen-bond acceptors (Lipinski definition) is 3. The van der Waals surface area contributed by atoms with Crippen LogP contribution in [0.2, 0.25) is 0 Å². The third-order valence-corrected chi connectivity index (χ3v) is 3.95. The smallest absolute Gasteiger partial charge is 0.191 e. The van der Waals surface area contributed by atoms with E-state index in [1.54, 1.807) is 12.1 Å². The Kier molecular flexibility index (Phi) is 11.8. The van der Waals surface area contributed by atoms with Crippen molar-refractivity contribution in [3.63, 3.8) is 0 Å². The summed E-state index contributed by atoms with van der Waals surface area (Å²) in [5.41, 5.74) is 1.02. The number of rotatable bonds is 8. The highest BCUT2D eigenvalue weighted by Crippen LogP contribution is 2.06. The molecule has 1 aromatic carbocycles. The number of aryl methyl sites for hydroxylation is 1. The van der Waals surface area contributed by atoms with Crippen molar-refractivity contribution in [1.29, 1.82) is 0 Å². The normalized spacial score (nSPS) is 15.5. The number of aliphatic imine (C=N–C) groups is 1. The van der Waals surface area contributed by atoms with Gasteiger partial charge in [0.05, 0.1) is 13.2 Å². The largest absolute Gasteiger partial charge is 0.379 e. The van der Waals surface area contributed by atoms with Gasteiger partial charge >= 0.3 is 0 Å². The van der Waals surface area contributed by atoms with Gasteiger partial charge in [0.2, 0.25) is 0 Å². The topological polar surface area (TPSA) is 48.9 Å². The second-order valence-electron chi connectivity index (χ2n) is 5.87. The molecule has 0 radical (unpaired) electrons. The molecule has 0 saturated carbocycles. The number of nitrogens with zero attached hydrogens (tertiary/aromatic N) is 2. The molecule has 1 heterocycles. The molecule has 0 unspecified atom stereocenters. The van der Waals surface area contributed by atoms with Gasteiger partial charge in [-0.3, -0.25) is 9.89 Å². The zero-order valence-electron chi connectivity index (χ0n) is 15.0. The van der Waals surface area contributed by atoms with E-state index in [4.69, 9.17) is 4.74 Å². The molecule has 7 heteroatoms. The molecule has 5 nitrogen and oxygen atoms in total. The highest BCUT2D eigenvalue weighted by molar-refractivity contribution is 14.0. The Morgan fingerprint density at radius 1 is 1.28 bits per heavy atom. The number of halogens is 2. The Balaban J connectivity index is 0.00000312. The molecule has 0 aromatic heterocycles. The first-order valence-electron chi connectivity index (χ1n) is 8.84. The average Bonchev–Trinajstić information content (AvgIpc) is 2.60. The molecule has 25 heavy (non-hydrogen) atoms. The van der Waals surface area contributed by atoms with Gasteiger partial charge in [-0.05, 0) is 37.5 Å². The van der Waals surface area contributed by atoms with Crippen LogP contribution >= 0.6 is 24.0 Å². The minimum Gasteiger partial charge on any atom is -0.379 e. The lowest BCUT2D eigenvalue weighted by atomic mass is 10.1. The molecule has 1 aliphatic heterocycles. The molecule has 2 N–H and O–H groups in total. The van der Waals surface area contributed by atoms with Crippen molar-refractivity contribution in [2.45, 2.75) is 19.8 Å². The van der Waals surface area contributed by atoms with Crippen LogP contribution in [0.3, 0.4) is 0 Å². The maximum atomic E-state index is 13.1. The number of nitrogens with one attached hydrogen (secondary N) is 2. The second-order valence-corrected chi connectivity index (χ2v) is 5.87. The minimum absolute atomic E-state index is 0. The molecular weight excluding hydrogens is 434 g/mol. The first-order chi connectivity index (χ1) is 11.8. The molecule has 1 saturated heterocycles. The third kappa shape index (κ3) is 9.37. The summed E-state index contributed by atoms with van der Waals surface area (Å²) in [6.07, 6.45) is 1.75. The van der Waals surface area contributed by atoms with Crippen LogP contribution in [0.1, 0.15) is 18.9 Å². The van der Waals surface area contributed by atoms with Gasteiger partial charge in [0.15, 0.2) is 5.96 Å². The van der Waals surface area contributed by atoms with Crippen molar-refractivity contribution in [3.05, 3.63) is 35.6 Å². The summed E-state index contributed by atoms with van der Waals surface area (Å²) < 4.78 is 18.5. The molecule has 0 atom stereocenters. The van der Waals surface area contributed by atoms with Crippen LogP contribution in [-0.4, -0.2) is 63.3 Å². The van der Waals surface area contributed by atoms with Crippen molar-refractivity contribution in [2.75, 3.05) is 52.5 Å². The van der Waals surface area contributed by atoms with Gasteiger partial charge in [0.1, 0.15) is 5.82 Å². The van der Waals surface area contributed by atoms with E-state index in [0.29, 0.717) is 0 Å². The first-order valence-corrected chi connectivity index (χ1v) is 8.84. The number of benzene rings is 1. The summed E-state index contributed by atoms with van der Waals surface area (Å²) in [6, 6.07) is 6.78. The van der Waals surface area contributed by atoms with Gasteiger partial charge in [-0.15, -0.1) is 24.0 Å². The van der Waals surface area contributed by atoms with E-state index >= 15 is 0 Å². The first kappa shape index (κ1) is 22.1. The fraction of sp³-hybridized carbons (Fsp3) is 0.611. The monoisotopic (exact) mass is 464 g/mol. The van der Waals surface area contributed by atoms with E-state index in [-0.39, 0.29) is 29.8 Å². The van der Waals surface area contributed by atoms with Gasteiger partial charge in [-0.1, -0.05) is 12.1 Å². The van der Waals surface area contributed by atoms with Crippen LogP contribution in [0.15, 0.2) is 29.3 Å². The molecule has 0 amide bonds. The Morgan fingerprint density at radius 3 is 2.80 bits per heavy atom. The van der Waals surface area contributed by atoms with Crippen LogP contribution in [0.4, 0.5) is 4.39 Å². The number of morpholine rings is 1. The molecule has 0 bridgehead atoms. The van der Waals surface area contributed by atoms with E-state index in [1.165, 1.54) is 6.07 Å². The Labute approximate surface area is 167 Å². The SMILES string of the molecule is CCNC(=NCCCc1cccc(F)c1)NCCN1CCOCC1.I. The average molecular weight is 464 g/mol. The fourth-order valence-electron chi connectivity index (χ4n) is 2.67. The van der Waals surface area contributed by atoms with Crippen LogP contribution in [0.5, 0.6) is 0 Å². The van der Waals surface area contributed by atoms with Crippen molar-refractivity contribution in [1.82, 2.24) is 15.5 Å². The molecule has 2 rings (SSSR count). The molecular formula is C18H30FIN4O. The maximum absolute atomic E-state index is 13.1. The molecule has 1 fully saturated rings. The van der Waals surface area contributed by atoms with Gasteiger partial charge in [-0.2, -0.15) is 0 Å². The van der Waals surface area contributed by atoms with Crippen molar-refractivity contribution >= 4 is 29.9 Å². The number of ether oxygens (including phenoxy) is 1. The lowest BCUT2D eigenvalue weighted by Gasteiger charge is -2.26. The summed E-state index contributed by atoms with van der Waals surface area (Å²) in [7, 11) is 0. The molecule has 0 spiro atoms. The predicted molar refractivity (Wildman–Crippen MR) is 111 cm³/mol. The van der Waals surface area contributed by atoms with E-state index in [1.807, 2.05) is 6.07 Å². The molecule has 0 aliphatic carbocycles. The van der Waals surface area contributed by atoms with Crippen LogP contribution in [-0.2, 0) is 11.2 Å². The number of hydrogen-bond donors (Lipinski definition) is 2. The van der Waals surface area contributed by atoms with Crippen LogP contribution in [0.25, 0.3) is 0 Å². The van der Waals surface area contributed by atoms with E-state index < -0.39 is 0 Å². The zero-order valence-corrected chi connectivity index (χ0v) is 17.3. The molecule has 142 valence electrons. The minimum atomic E-state index is -0.172. The lowest BCUT2D eigenvalue weighted by Crippen LogP contribution is -2.44. The number of guanidine groups is 1. The van der Waals surface area contributed by atoms with E-state index in [2.05, 4.69) is 27.4 Å². The quantitative estimate of drug-likeness (QED) is 0.268. The van der Waals surface area contributed by atoms with E-state index in [9.17, 15) is 4.39 Å². The maximum Gasteiger partial charge on any atom is 0.191 e. The Bertz CT molecular complexity index is 510. The lowest BCUT2D eigenvalue weighted by molar-refractivity contribution is 0.0389. The molecule has 1 aromatic rings. The highest BCUT2D eigenvalue weighted by Gasteiger charge is 2.09. The van der Waals surface area contributed by atoms with Gasteiger partial charge in [-0.25, -0.2) is 4.39 Å². The van der Waals surface area contributed by atoms with Crippen LogP contribution in [0, 0.1) is 5.82 Å². The Morgan fingerprint density at radius 2 is 2.08 bits per heavy atom. The molecule has 1 aliphatic rings. The zero-order chi connectivity index (χ0) is 17.0. The van der Waals surface area contributed by atoms with Crippen molar-refractivity contribution < 1.29 is 9.13 Å². The van der Waals surface area contributed by atoms with Gasteiger partial charge < -0.3 is 15.4 Å². The summed E-state index contributed by atoms with van der Waals surface area (Å²) in [5, 5.41) is 6.64. The van der Waals surface area contributed by atoms with E-state index in [0.717, 1.165) is 76.8 Å². The summed E-state index contributed by atoms with van der Waals surface area (Å²) in [6.45, 7) is 9.16. The summed E-state index contributed by atoms with van der Waals surface area (Å²) >= 11 is 0. The standard InChI is InChI=1S/C18H29FN4O.HI/c1-2-20-18(22-9-10-23-11-13-24-14-12-23)21-8-4-6-16-5-3-7-17(19)15-16;/h3,5,7,15H,2,4,6,8-14H2,1H3,(H2,20,21,22);1H. The second kappa shape index (κ2) is 13.3. The Hall–Kier alpha value is -0.930.